The van der Waals surface area contributed by atoms with Crippen LogP contribution in [0.5, 0.6) is 0 Å². The lowest BCUT2D eigenvalue weighted by Crippen LogP contribution is -2.09. The quantitative estimate of drug-likeness (QED) is 0.259. The van der Waals surface area contributed by atoms with E-state index >= 15 is 0 Å². The van der Waals surface area contributed by atoms with Crippen LogP contribution in [0.1, 0.15) is 0 Å². The van der Waals surface area contributed by atoms with Gasteiger partial charge in [-0.05, 0) is 82.6 Å². The molecule has 0 aliphatic rings. The van der Waals surface area contributed by atoms with E-state index in [9.17, 15) is 0 Å². The molecule has 0 bridgehead atoms. The first-order chi connectivity index (χ1) is 17.8. The molecule has 2 heteroatoms. The molecule has 0 atom stereocenters. The molecule has 0 saturated carbocycles. The Hall–Kier alpha value is -4.82. The molecular formula is C34H23NO. The van der Waals surface area contributed by atoms with E-state index in [0.717, 1.165) is 39.0 Å². The topological polar surface area (TPSA) is 16.4 Å². The first-order valence-electron chi connectivity index (χ1n) is 12.2. The summed E-state index contributed by atoms with van der Waals surface area (Å²) in [7, 11) is 0. The first kappa shape index (κ1) is 20.5. The van der Waals surface area contributed by atoms with Gasteiger partial charge in [0, 0.05) is 27.8 Å². The smallest absolute Gasteiger partial charge is 0.136 e. The average Bonchev–Trinajstić information content (AvgIpc) is 3.31. The standard InChI is InChI=1S/C34H23NO/c1-3-9-28(10-4-1)35(29-11-5-2-6-12-29)30-19-17-24(18-20-30)25-15-16-26-23-34-32(22-27(26)21-25)31-13-7-8-14-33(31)36-34/h1-23H. The molecule has 2 nitrogen and oxygen atoms in total. The second-order valence-electron chi connectivity index (χ2n) is 9.06. The van der Waals surface area contributed by atoms with E-state index in [1.807, 2.05) is 12.1 Å². The SMILES string of the molecule is c1ccc(N(c2ccccc2)c2ccc(-c3ccc4cc5oc6ccccc6c5cc4c3)cc2)cc1. The number of furan rings is 1. The molecule has 0 saturated heterocycles. The van der Waals surface area contributed by atoms with Gasteiger partial charge in [0.05, 0.1) is 0 Å². The molecule has 0 aliphatic heterocycles. The van der Waals surface area contributed by atoms with Gasteiger partial charge in [0.2, 0.25) is 0 Å². The highest BCUT2D eigenvalue weighted by Crippen LogP contribution is 2.37. The summed E-state index contributed by atoms with van der Waals surface area (Å²) >= 11 is 0. The highest BCUT2D eigenvalue weighted by Gasteiger charge is 2.12. The molecule has 0 amide bonds. The number of para-hydroxylation sites is 3. The van der Waals surface area contributed by atoms with Gasteiger partial charge in [-0.25, -0.2) is 0 Å². The van der Waals surface area contributed by atoms with Crippen LogP contribution in [-0.2, 0) is 0 Å². The molecular weight excluding hydrogens is 438 g/mol. The third kappa shape index (κ3) is 3.52. The summed E-state index contributed by atoms with van der Waals surface area (Å²) in [4.78, 5) is 2.28. The van der Waals surface area contributed by atoms with E-state index in [1.54, 1.807) is 0 Å². The van der Waals surface area contributed by atoms with Gasteiger partial charge in [-0.1, -0.05) is 78.9 Å². The molecule has 7 rings (SSSR count). The molecule has 170 valence electrons. The number of rotatable bonds is 4. The van der Waals surface area contributed by atoms with Crippen molar-refractivity contribution >= 4 is 49.8 Å². The van der Waals surface area contributed by atoms with Gasteiger partial charge in [-0.15, -0.1) is 0 Å². The lowest BCUT2D eigenvalue weighted by atomic mass is 9.99. The Morgan fingerprint density at radius 1 is 0.389 bits per heavy atom. The summed E-state index contributed by atoms with van der Waals surface area (Å²) in [6.45, 7) is 0. The van der Waals surface area contributed by atoms with Gasteiger partial charge >= 0.3 is 0 Å². The lowest BCUT2D eigenvalue weighted by Gasteiger charge is -2.25. The molecule has 1 aromatic heterocycles. The number of fused-ring (bicyclic) bond motifs is 4. The summed E-state index contributed by atoms with van der Waals surface area (Å²) in [6.07, 6.45) is 0. The van der Waals surface area contributed by atoms with Crippen molar-refractivity contribution in [3.05, 3.63) is 140 Å². The molecule has 1 heterocycles. The van der Waals surface area contributed by atoms with Gasteiger partial charge in [0.15, 0.2) is 0 Å². The predicted octanol–water partition coefficient (Wildman–Crippen LogP) is 9.88. The molecule has 0 aliphatic carbocycles. The van der Waals surface area contributed by atoms with Gasteiger partial charge in [-0.3, -0.25) is 0 Å². The van der Waals surface area contributed by atoms with Crippen LogP contribution in [0, 0.1) is 0 Å². The van der Waals surface area contributed by atoms with Gasteiger partial charge in [0.1, 0.15) is 11.2 Å². The number of hydrogen-bond acceptors (Lipinski definition) is 2. The number of anilines is 3. The van der Waals surface area contributed by atoms with Crippen LogP contribution < -0.4 is 4.90 Å². The molecule has 0 fully saturated rings. The number of hydrogen-bond donors (Lipinski definition) is 0. The van der Waals surface area contributed by atoms with Crippen molar-refractivity contribution in [2.24, 2.45) is 0 Å². The summed E-state index contributed by atoms with van der Waals surface area (Å²) in [5.41, 5.74) is 7.66. The maximum absolute atomic E-state index is 6.08. The third-order valence-electron chi connectivity index (χ3n) is 6.82. The molecule has 6 aromatic carbocycles. The van der Waals surface area contributed by atoms with E-state index in [2.05, 4.69) is 132 Å². The first-order valence-corrected chi connectivity index (χ1v) is 12.2. The van der Waals surface area contributed by atoms with E-state index in [1.165, 1.54) is 21.9 Å². The Balaban J connectivity index is 1.29. The van der Waals surface area contributed by atoms with Crippen LogP contribution >= 0.6 is 0 Å². The second kappa shape index (κ2) is 8.44. The van der Waals surface area contributed by atoms with Crippen LogP contribution in [0.25, 0.3) is 43.8 Å². The van der Waals surface area contributed by atoms with Crippen molar-refractivity contribution in [2.45, 2.75) is 0 Å². The fourth-order valence-corrected chi connectivity index (χ4v) is 5.05. The maximum atomic E-state index is 6.08. The van der Waals surface area contributed by atoms with Gasteiger partial charge < -0.3 is 9.32 Å². The van der Waals surface area contributed by atoms with Gasteiger partial charge in [-0.2, -0.15) is 0 Å². The van der Waals surface area contributed by atoms with Crippen molar-refractivity contribution in [2.75, 3.05) is 4.90 Å². The fraction of sp³-hybridized carbons (Fsp3) is 0. The van der Waals surface area contributed by atoms with Crippen LogP contribution in [0.4, 0.5) is 17.1 Å². The van der Waals surface area contributed by atoms with Crippen molar-refractivity contribution in [3.63, 3.8) is 0 Å². The van der Waals surface area contributed by atoms with E-state index in [0.29, 0.717) is 0 Å². The maximum Gasteiger partial charge on any atom is 0.136 e. The van der Waals surface area contributed by atoms with Crippen LogP contribution in [0.3, 0.4) is 0 Å². The fourth-order valence-electron chi connectivity index (χ4n) is 5.05. The average molecular weight is 462 g/mol. The van der Waals surface area contributed by atoms with Crippen molar-refractivity contribution in [1.82, 2.24) is 0 Å². The van der Waals surface area contributed by atoms with Crippen molar-refractivity contribution < 1.29 is 4.42 Å². The second-order valence-corrected chi connectivity index (χ2v) is 9.06. The zero-order chi connectivity index (χ0) is 23.9. The molecule has 0 radical (unpaired) electrons. The lowest BCUT2D eigenvalue weighted by molar-refractivity contribution is 0.669. The Morgan fingerprint density at radius 3 is 1.72 bits per heavy atom. The van der Waals surface area contributed by atoms with Crippen LogP contribution in [-0.4, -0.2) is 0 Å². The minimum absolute atomic E-state index is 0.931. The Morgan fingerprint density at radius 2 is 1.00 bits per heavy atom. The number of benzene rings is 6. The largest absolute Gasteiger partial charge is 0.456 e. The molecule has 0 spiro atoms. The Bertz CT molecular complexity index is 1780. The Kier molecular flexibility index (Phi) is 4.82. The zero-order valence-corrected chi connectivity index (χ0v) is 19.6. The molecule has 36 heavy (non-hydrogen) atoms. The summed E-state index contributed by atoms with van der Waals surface area (Å²) in [5, 5.41) is 4.71. The van der Waals surface area contributed by atoms with Crippen molar-refractivity contribution in [1.29, 1.82) is 0 Å². The molecule has 0 unspecified atom stereocenters. The normalized spacial score (nSPS) is 11.3. The monoisotopic (exact) mass is 461 g/mol. The zero-order valence-electron chi connectivity index (χ0n) is 19.6. The summed E-state index contributed by atoms with van der Waals surface area (Å²) in [6, 6.07) is 49.1. The van der Waals surface area contributed by atoms with E-state index < -0.39 is 0 Å². The predicted molar refractivity (Wildman–Crippen MR) is 151 cm³/mol. The Labute approximate surface area is 209 Å². The highest BCUT2D eigenvalue weighted by atomic mass is 16.3. The van der Waals surface area contributed by atoms with Gasteiger partial charge in [0.25, 0.3) is 0 Å². The molecule has 0 N–H and O–H groups in total. The van der Waals surface area contributed by atoms with E-state index in [-0.39, 0.29) is 0 Å². The summed E-state index contributed by atoms with van der Waals surface area (Å²) < 4.78 is 6.08. The van der Waals surface area contributed by atoms with Crippen molar-refractivity contribution in [3.8, 4) is 11.1 Å². The van der Waals surface area contributed by atoms with Crippen LogP contribution in [0.2, 0.25) is 0 Å². The third-order valence-corrected chi connectivity index (χ3v) is 6.82. The molecule has 7 aromatic rings. The summed E-state index contributed by atoms with van der Waals surface area (Å²) in [5.74, 6) is 0. The number of nitrogens with zero attached hydrogens (tertiary/aromatic N) is 1. The minimum Gasteiger partial charge on any atom is -0.456 e. The van der Waals surface area contributed by atoms with Crippen LogP contribution in [0.15, 0.2) is 144 Å². The highest BCUT2D eigenvalue weighted by molar-refractivity contribution is 6.10. The minimum atomic E-state index is 0.931. The van der Waals surface area contributed by atoms with E-state index in [4.69, 9.17) is 4.42 Å².